The van der Waals surface area contributed by atoms with Gasteiger partial charge in [0.1, 0.15) is 0 Å². The predicted octanol–water partition coefficient (Wildman–Crippen LogP) is 3.28. The zero-order valence-corrected chi connectivity index (χ0v) is 11.9. The van der Waals surface area contributed by atoms with Gasteiger partial charge in [0.15, 0.2) is 0 Å². The van der Waals surface area contributed by atoms with E-state index in [0.717, 1.165) is 24.4 Å². The molecule has 0 radical (unpaired) electrons. The van der Waals surface area contributed by atoms with Gasteiger partial charge in [-0.2, -0.15) is 0 Å². The van der Waals surface area contributed by atoms with Crippen molar-refractivity contribution in [2.24, 2.45) is 0 Å². The van der Waals surface area contributed by atoms with E-state index in [-0.39, 0.29) is 0 Å². The number of hydrogen-bond donors (Lipinski definition) is 1. The third-order valence-corrected chi connectivity index (χ3v) is 4.36. The van der Waals surface area contributed by atoms with Crippen molar-refractivity contribution in [2.45, 2.75) is 32.7 Å². The van der Waals surface area contributed by atoms with Crippen molar-refractivity contribution in [2.75, 3.05) is 6.54 Å². The van der Waals surface area contributed by atoms with Gasteiger partial charge in [0, 0.05) is 22.7 Å². The molecule has 0 aliphatic rings. The SMILES string of the molecule is CCNC(Cc1csc(C)n1)Cc1cccs1. The number of thiophene rings is 1. The van der Waals surface area contributed by atoms with Crippen molar-refractivity contribution in [1.82, 2.24) is 10.3 Å². The average Bonchev–Trinajstić information content (AvgIpc) is 2.91. The number of rotatable bonds is 6. The molecular weight excluding hydrogens is 248 g/mol. The summed E-state index contributed by atoms with van der Waals surface area (Å²) in [5, 5.41) is 9.03. The molecule has 1 atom stereocenters. The minimum absolute atomic E-state index is 0.500. The number of aryl methyl sites for hydroxylation is 1. The first kappa shape index (κ1) is 12.7. The Balaban J connectivity index is 1.97. The minimum Gasteiger partial charge on any atom is -0.314 e. The van der Waals surface area contributed by atoms with Crippen LogP contribution in [0.3, 0.4) is 0 Å². The van der Waals surface area contributed by atoms with Gasteiger partial charge in [-0.15, -0.1) is 22.7 Å². The fraction of sp³-hybridized carbons (Fsp3) is 0.462. The molecule has 1 N–H and O–H groups in total. The lowest BCUT2D eigenvalue weighted by molar-refractivity contribution is 0.520. The van der Waals surface area contributed by atoms with Crippen LogP contribution in [0.5, 0.6) is 0 Å². The van der Waals surface area contributed by atoms with E-state index >= 15 is 0 Å². The van der Waals surface area contributed by atoms with E-state index < -0.39 is 0 Å². The second-order valence-corrected chi connectivity index (χ2v) is 6.19. The maximum absolute atomic E-state index is 4.54. The third-order valence-electron chi connectivity index (χ3n) is 2.64. The normalized spacial score (nSPS) is 12.8. The van der Waals surface area contributed by atoms with Gasteiger partial charge in [0.05, 0.1) is 10.7 Å². The first-order valence-electron chi connectivity index (χ1n) is 5.94. The van der Waals surface area contributed by atoms with Gasteiger partial charge in [-0.1, -0.05) is 13.0 Å². The van der Waals surface area contributed by atoms with Crippen LogP contribution in [0, 0.1) is 6.92 Å². The van der Waals surface area contributed by atoms with Crippen LogP contribution < -0.4 is 5.32 Å². The molecule has 2 rings (SSSR count). The molecule has 0 saturated heterocycles. The lowest BCUT2D eigenvalue weighted by atomic mass is 10.1. The van der Waals surface area contributed by atoms with Crippen LogP contribution in [0.4, 0.5) is 0 Å². The molecule has 0 spiro atoms. The Kier molecular flexibility index (Phi) is 4.71. The van der Waals surface area contributed by atoms with Gasteiger partial charge < -0.3 is 5.32 Å². The lowest BCUT2D eigenvalue weighted by Crippen LogP contribution is -2.32. The molecule has 2 nitrogen and oxygen atoms in total. The highest BCUT2D eigenvalue weighted by Crippen LogP contribution is 2.15. The molecule has 2 aromatic heterocycles. The van der Waals surface area contributed by atoms with Gasteiger partial charge in [-0.05, 0) is 31.3 Å². The van der Waals surface area contributed by atoms with E-state index in [1.54, 1.807) is 11.3 Å². The Morgan fingerprint density at radius 3 is 2.82 bits per heavy atom. The zero-order valence-electron chi connectivity index (χ0n) is 10.3. The summed E-state index contributed by atoms with van der Waals surface area (Å²) >= 11 is 3.57. The molecule has 0 aliphatic carbocycles. The fourth-order valence-corrected chi connectivity index (χ4v) is 3.34. The van der Waals surface area contributed by atoms with Crippen LogP contribution in [-0.4, -0.2) is 17.6 Å². The molecule has 2 heterocycles. The number of aromatic nitrogens is 1. The van der Waals surface area contributed by atoms with Gasteiger partial charge in [-0.3, -0.25) is 0 Å². The molecule has 92 valence electrons. The van der Waals surface area contributed by atoms with Gasteiger partial charge in [-0.25, -0.2) is 4.98 Å². The molecule has 0 amide bonds. The Labute approximate surface area is 111 Å². The molecule has 0 saturated carbocycles. The first-order valence-corrected chi connectivity index (χ1v) is 7.70. The monoisotopic (exact) mass is 266 g/mol. The van der Waals surface area contributed by atoms with Crippen LogP contribution in [0.1, 0.15) is 22.5 Å². The molecule has 4 heteroatoms. The summed E-state index contributed by atoms with van der Waals surface area (Å²) in [6.07, 6.45) is 2.12. The van der Waals surface area contributed by atoms with E-state index in [1.165, 1.54) is 10.6 Å². The van der Waals surface area contributed by atoms with Crippen LogP contribution in [0.25, 0.3) is 0 Å². The zero-order chi connectivity index (χ0) is 12.1. The highest BCUT2D eigenvalue weighted by molar-refractivity contribution is 7.10. The second kappa shape index (κ2) is 6.28. The summed E-state index contributed by atoms with van der Waals surface area (Å²) in [6.45, 7) is 5.24. The van der Waals surface area contributed by atoms with Crippen molar-refractivity contribution in [1.29, 1.82) is 0 Å². The summed E-state index contributed by atoms with van der Waals surface area (Å²) in [7, 11) is 0. The first-order chi connectivity index (χ1) is 8.28. The standard InChI is InChI=1S/C13H18N2S2/c1-3-14-11(8-13-5-4-6-16-13)7-12-9-17-10(2)15-12/h4-6,9,11,14H,3,7-8H2,1-2H3. The Morgan fingerprint density at radius 2 is 2.24 bits per heavy atom. The van der Waals surface area contributed by atoms with Gasteiger partial charge >= 0.3 is 0 Å². The van der Waals surface area contributed by atoms with Crippen molar-refractivity contribution < 1.29 is 0 Å². The van der Waals surface area contributed by atoms with Crippen LogP contribution in [0.2, 0.25) is 0 Å². The number of nitrogens with one attached hydrogen (secondary N) is 1. The van der Waals surface area contributed by atoms with E-state index in [4.69, 9.17) is 0 Å². The van der Waals surface area contributed by atoms with Crippen molar-refractivity contribution >= 4 is 22.7 Å². The number of nitrogens with zero attached hydrogens (tertiary/aromatic N) is 1. The largest absolute Gasteiger partial charge is 0.314 e. The summed E-state index contributed by atoms with van der Waals surface area (Å²) in [6, 6.07) is 4.83. The number of likely N-dealkylation sites (N-methyl/N-ethyl adjacent to an activating group) is 1. The third kappa shape index (κ3) is 3.91. The van der Waals surface area contributed by atoms with Gasteiger partial charge in [0.25, 0.3) is 0 Å². The maximum Gasteiger partial charge on any atom is 0.0897 e. The predicted molar refractivity (Wildman–Crippen MR) is 76.0 cm³/mol. The van der Waals surface area contributed by atoms with Crippen LogP contribution >= 0.6 is 22.7 Å². The highest BCUT2D eigenvalue weighted by atomic mass is 32.1. The lowest BCUT2D eigenvalue weighted by Gasteiger charge is -2.15. The topological polar surface area (TPSA) is 24.9 Å². The average molecular weight is 266 g/mol. The van der Waals surface area contributed by atoms with E-state index in [0.29, 0.717) is 6.04 Å². The Hall–Kier alpha value is -0.710. The second-order valence-electron chi connectivity index (χ2n) is 4.10. The van der Waals surface area contributed by atoms with Crippen LogP contribution in [-0.2, 0) is 12.8 Å². The molecule has 1 unspecified atom stereocenters. The van der Waals surface area contributed by atoms with E-state index in [1.807, 2.05) is 11.3 Å². The van der Waals surface area contributed by atoms with E-state index in [2.05, 4.69) is 47.0 Å². The molecule has 17 heavy (non-hydrogen) atoms. The number of thiazole rings is 1. The van der Waals surface area contributed by atoms with Crippen molar-refractivity contribution in [3.63, 3.8) is 0 Å². The molecule has 0 bridgehead atoms. The summed E-state index contributed by atoms with van der Waals surface area (Å²) in [4.78, 5) is 5.99. The maximum atomic E-state index is 4.54. The summed E-state index contributed by atoms with van der Waals surface area (Å²) < 4.78 is 0. The summed E-state index contributed by atoms with van der Waals surface area (Å²) in [5.41, 5.74) is 1.22. The summed E-state index contributed by atoms with van der Waals surface area (Å²) in [5.74, 6) is 0. The van der Waals surface area contributed by atoms with Crippen molar-refractivity contribution in [3.05, 3.63) is 38.5 Å². The van der Waals surface area contributed by atoms with Gasteiger partial charge in [0.2, 0.25) is 0 Å². The molecular formula is C13H18N2S2. The number of hydrogen-bond acceptors (Lipinski definition) is 4. The quantitative estimate of drug-likeness (QED) is 0.868. The Morgan fingerprint density at radius 1 is 1.35 bits per heavy atom. The molecule has 0 aromatic carbocycles. The smallest absolute Gasteiger partial charge is 0.0897 e. The molecule has 0 aliphatic heterocycles. The molecule has 2 aromatic rings. The highest BCUT2D eigenvalue weighted by Gasteiger charge is 2.11. The Bertz CT molecular complexity index is 434. The fourth-order valence-electron chi connectivity index (χ4n) is 1.93. The van der Waals surface area contributed by atoms with Crippen molar-refractivity contribution in [3.8, 4) is 0 Å². The molecule has 0 fully saturated rings. The van der Waals surface area contributed by atoms with E-state index in [9.17, 15) is 0 Å². The minimum atomic E-state index is 0.500. The van der Waals surface area contributed by atoms with Crippen LogP contribution in [0.15, 0.2) is 22.9 Å².